The molecule has 1 fully saturated rings. The molecule has 0 saturated carbocycles. The Kier molecular flexibility index (Phi) is 7.22. The van der Waals surface area contributed by atoms with Gasteiger partial charge in [-0.25, -0.2) is 8.42 Å². The van der Waals surface area contributed by atoms with Crippen molar-refractivity contribution in [1.82, 2.24) is 9.62 Å². The van der Waals surface area contributed by atoms with Crippen molar-refractivity contribution in [2.75, 3.05) is 32.9 Å². The van der Waals surface area contributed by atoms with Gasteiger partial charge in [0, 0.05) is 19.1 Å². The van der Waals surface area contributed by atoms with Gasteiger partial charge in [-0.3, -0.25) is 4.79 Å². The van der Waals surface area contributed by atoms with Crippen LogP contribution in [0.5, 0.6) is 5.75 Å². The lowest BCUT2D eigenvalue weighted by atomic mass is 10.2. The minimum absolute atomic E-state index is 0.0912. The van der Waals surface area contributed by atoms with E-state index in [1.807, 2.05) is 13.8 Å². The van der Waals surface area contributed by atoms with Crippen molar-refractivity contribution in [2.45, 2.75) is 37.6 Å². The van der Waals surface area contributed by atoms with Crippen molar-refractivity contribution in [3.8, 4) is 5.75 Å². The number of amides is 1. The largest absolute Gasteiger partial charge is 0.484 e. The fourth-order valence-electron chi connectivity index (χ4n) is 2.55. The minimum Gasteiger partial charge on any atom is -0.484 e. The number of hydrogen-bond donors (Lipinski definition) is 1. The molecule has 0 aliphatic carbocycles. The Balaban J connectivity index is 1.92. The lowest BCUT2D eigenvalue weighted by Crippen LogP contribution is -2.40. The average molecular weight is 370 g/mol. The number of ether oxygens (including phenoxy) is 2. The van der Waals surface area contributed by atoms with E-state index in [4.69, 9.17) is 9.47 Å². The van der Waals surface area contributed by atoms with Gasteiger partial charge in [-0.1, -0.05) is 13.8 Å². The molecule has 8 heteroatoms. The van der Waals surface area contributed by atoms with E-state index in [1.165, 1.54) is 16.4 Å². The third-order valence-corrected chi connectivity index (χ3v) is 6.07. The number of benzene rings is 1. The van der Waals surface area contributed by atoms with E-state index in [9.17, 15) is 13.2 Å². The van der Waals surface area contributed by atoms with Crippen molar-refractivity contribution in [3.05, 3.63) is 24.3 Å². The summed E-state index contributed by atoms with van der Waals surface area (Å²) in [5, 5.41) is 2.89. The zero-order valence-electron chi connectivity index (χ0n) is 14.7. The Morgan fingerprint density at radius 1 is 1.20 bits per heavy atom. The van der Waals surface area contributed by atoms with E-state index in [-0.39, 0.29) is 23.5 Å². The summed E-state index contributed by atoms with van der Waals surface area (Å²) in [6.07, 6.45) is 1.74. The zero-order valence-corrected chi connectivity index (χ0v) is 15.5. The highest BCUT2D eigenvalue weighted by Gasteiger charge is 2.26. The van der Waals surface area contributed by atoms with Crippen molar-refractivity contribution in [2.24, 2.45) is 0 Å². The van der Waals surface area contributed by atoms with Gasteiger partial charge in [-0.05, 0) is 37.1 Å². The van der Waals surface area contributed by atoms with Gasteiger partial charge in [0.1, 0.15) is 5.75 Å². The average Bonchev–Trinajstić information content (AvgIpc) is 2.65. The third kappa shape index (κ3) is 5.42. The van der Waals surface area contributed by atoms with Crippen LogP contribution in [0.15, 0.2) is 29.2 Å². The van der Waals surface area contributed by atoms with E-state index in [0.717, 1.165) is 12.8 Å². The summed E-state index contributed by atoms with van der Waals surface area (Å²) in [5.74, 6) is 0.277. The summed E-state index contributed by atoms with van der Waals surface area (Å²) in [6.45, 7) is 5.48. The van der Waals surface area contributed by atoms with Gasteiger partial charge >= 0.3 is 0 Å². The first-order chi connectivity index (χ1) is 12.0. The molecule has 1 aromatic rings. The summed E-state index contributed by atoms with van der Waals surface area (Å²) in [7, 11) is -3.51. The molecular formula is C17H26N2O5S. The quantitative estimate of drug-likeness (QED) is 0.747. The van der Waals surface area contributed by atoms with Crippen LogP contribution in [0.3, 0.4) is 0 Å². The third-order valence-electron chi connectivity index (χ3n) is 4.15. The molecule has 0 bridgehead atoms. The van der Waals surface area contributed by atoms with E-state index in [0.29, 0.717) is 32.1 Å². The monoisotopic (exact) mass is 370 g/mol. The Hall–Kier alpha value is -1.64. The molecule has 1 N–H and O–H groups in total. The second kappa shape index (κ2) is 9.17. The number of nitrogens with zero attached hydrogens (tertiary/aromatic N) is 1. The fraction of sp³-hybridized carbons (Fsp3) is 0.588. The lowest BCUT2D eigenvalue weighted by Gasteiger charge is -2.26. The molecule has 7 nitrogen and oxygen atoms in total. The van der Waals surface area contributed by atoms with Crippen molar-refractivity contribution in [1.29, 1.82) is 0 Å². The molecule has 0 aromatic heterocycles. The van der Waals surface area contributed by atoms with Crippen LogP contribution in [0, 0.1) is 0 Å². The van der Waals surface area contributed by atoms with E-state index in [2.05, 4.69) is 5.32 Å². The minimum atomic E-state index is -3.51. The first kappa shape index (κ1) is 19.7. The summed E-state index contributed by atoms with van der Waals surface area (Å²) in [4.78, 5) is 12.0. The molecule has 1 aliphatic rings. The van der Waals surface area contributed by atoms with Crippen LogP contribution in [0.2, 0.25) is 0 Å². The second-order valence-electron chi connectivity index (χ2n) is 5.86. The van der Waals surface area contributed by atoms with Crippen LogP contribution in [-0.4, -0.2) is 57.6 Å². The van der Waals surface area contributed by atoms with Crippen molar-refractivity contribution >= 4 is 15.9 Å². The fourth-order valence-corrected chi connectivity index (χ4v) is 3.96. The normalized spacial score (nSPS) is 16.0. The maximum atomic E-state index is 12.5. The second-order valence-corrected chi connectivity index (χ2v) is 7.80. The van der Waals surface area contributed by atoms with Crippen LogP contribution in [0.25, 0.3) is 0 Å². The number of carbonyl (C=O) groups excluding carboxylic acids is 1. The lowest BCUT2D eigenvalue weighted by molar-refractivity contribution is -0.123. The molecule has 0 spiro atoms. The topological polar surface area (TPSA) is 84.9 Å². The van der Waals surface area contributed by atoms with Crippen molar-refractivity contribution in [3.63, 3.8) is 0 Å². The number of nitrogens with one attached hydrogen (secondary N) is 1. The summed E-state index contributed by atoms with van der Waals surface area (Å²) >= 11 is 0. The van der Waals surface area contributed by atoms with Crippen LogP contribution in [-0.2, 0) is 19.6 Å². The summed E-state index contributed by atoms with van der Waals surface area (Å²) < 4.78 is 37.1. The Labute approximate surface area is 149 Å². The van der Waals surface area contributed by atoms with Crippen LogP contribution in [0.1, 0.15) is 26.7 Å². The number of rotatable bonds is 8. The Morgan fingerprint density at radius 3 is 2.36 bits per heavy atom. The molecule has 0 atom stereocenters. The Morgan fingerprint density at radius 2 is 1.80 bits per heavy atom. The van der Waals surface area contributed by atoms with Crippen LogP contribution in [0.4, 0.5) is 0 Å². The number of sulfonamides is 1. The van der Waals surface area contributed by atoms with Gasteiger partial charge in [0.05, 0.1) is 18.1 Å². The number of hydrogen-bond acceptors (Lipinski definition) is 5. The maximum absolute atomic E-state index is 12.5. The molecule has 1 aromatic carbocycles. The number of morpholine rings is 1. The van der Waals surface area contributed by atoms with Gasteiger partial charge in [0.2, 0.25) is 10.0 Å². The van der Waals surface area contributed by atoms with Gasteiger partial charge in [0.15, 0.2) is 6.61 Å². The zero-order chi connectivity index (χ0) is 18.3. The smallest absolute Gasteiger partial charge is 0.258 e. The molecule has 1 saturated heterocycles. The maximum Gasteiger partial charge on any atom is 0.258 e. The first-order valence-electron chi connectivity index (χ1n) is 8.57. The highest BCUT2D eigenvalue weighted by molar-refractivity contribution is 7.89. The molecular weight excluding hydrogens is 344 g/mol. The van der Waals surface area contributed by atoms with Crippen LogP contribution < -0.4 is 10.1 Å². The van der Waals surface area contributed by atoms with Gasteiger partial charge in [-0.15, -0.1) is 0 Å². The van der Waals surface area contributed by atoms with Crippen molar-refractivity contribution < 1.29 is 22.7 Å². The van der Waals surface area contributed by atoms with Crippen LogP contribution >= 0.6 is 0 Å². The molecule has 1 aliphatic heterocycles. The van der Waals surface area contributed by atoms with E-state index >= 15 is 0 Å². The highest BCUT2D eigenvalue weighted by atomic mass is 32.2. The highest BCUT2D eigenvalue weighted by Crippen LogP contribution is 2.20. The molecule has 25 heavy (non-hydrogen) atoms. The molecule has 0 radical (unpaired) electrons. The predicted octanol–water partition coefficient (Wildman–Crippen LogP) is 1.39. The summed E-state index contributed by atoms with van der Waals surface area (Å²) in [6, 6.07) is 6.28. The molecule has 1 amide bonds. The standard InChI is InChI=1S/C17H26N2O5S/c1-3-14(4-2)18-17(20)13-24-15-5-7-16(8-6-15)25(21,22)19-9-11-23-12-10-19/h5-8,14H,3-4,9-13H2,1-2H3,(H,18,20). The van der Waals surface area contributed by atoms with Gasteiger partial charge < -0.3 is 14.8 Å². The summed E-state index contributed by atoms with van der Waals surface area (Å²) in [5.41, 5.74) is 0. The molecule has 1 heterocycles. The van der Waals surface area contributed by atoms with Gasteiger partial charge in [-0.2, -0.15) is 4.31 Å². The number of carbonyl (C=O) groups is 1. The SMILES string of the molecule is CCC(CC)NC(=O)COc1ccc(S(=O)(=O)N2CCOCC2)cc1. The predicted molar refractivity (Wildman–Crippen MR) is 94.0 cm³/mol. The Bertz CT molecular complexity index is 650. The molecule has 140 valence electrons. The van der Waals surface area contributed by atoms with Gasteiger partial charge in [0.25, 0.3) is 5.91 Å². The van der Waals surface area contributed by atoms with E-state index < -0.39 is 10.0 Å². The first-order valence-corrected chi connectivity index (χ1v) is 10.0. The molecule has 0 unspecified atom stereocenters. The van der Waals surface area contributed by atoms with E-state index in [1.54, 1.807) is 12.1 Å². The molecule has 2 rings (SSSR count).